The van der Waals surface area contributed by atoms with Crippen molar-refractivity contribution in [1.29, 1.82) is 0 Å². The fourth-order valence-corrected chi connectivity index (χ4v) is 1.71. The Kier molecular flexibility index (Phi) is 4.29. The van der Waals surface area contributed by atoms with Gasteiger partial charge < -0.3 is 14.6 Å². The Morgan fingerprint density at radius 3 is 1.95 bits per heavy atom. The summed E-state index contributed by atoms with van der Waals surface area (Å²) in [4.78, 5) is 0. The van der Waals surface area contributed by atoms with Gasteiger partial charge in [0.15, 0.2) is 17.1 Å². The van der Waals surface area contributed by atoms with E-state index in [-0.39, 0.29) is 11.5 Å². The van der Waals surface area contributed by atoms with Gasteiger partial charge in [-0.15, -0.1) is 0 Å². The highest BCUT2D eigenvalue weighted by Gasteiger charge is 2.55. The van der Waals surface area contributed by atoms with Crippen LogP contribution in [0, 0.1) is 5.82 Å². The van der Waals surface area contributed by atoms with Gasteiger partial charge in [0.05, 0.1) is 14.2 Å². The van der Waals surface area contributed by atoms with E-state index in [1.807, 2.05) is 0 Å². The molecule has 0 heterocycles. The lowest BCUT2D eigenvalue weighted by molar-refractivity contribution is -0.268. The van der Waals surface area contributed by atoms with Crippen LogP contribution < -0.4 is 9.47 Å². The van der Waals surface area contributed by atoms with Gasteiger partial charge >= 0.3 is 6.18 Å². The Hall–Kier alpha value is -1.50. The first kappa shape index (κ1) is 15.6. The summed E-state index contributed by atoms with van der Waals surface area (Å²) in [5.74, 6) is -1.35. The van der Waals surface area contributed by atoms with Gasteiger partial charge in [-0.1, -0.05) is 6.92 Å². The van der Waals surface area contributed by atoms with Crippen molar-refractivity contribution in [1.82, 2.24) is 0 Å². The molecule has 0 amide bonds. The van der Waals surface area contributed by atoms with E-state index in [2.05, 4.69) is 0 Å². The molecule has 3 nitrogen and oxygen atoms in total. The van der Waals surface area contributed by atoms with Gasteiger partial charge in [0.1, 0.15) is 5.82 Å². The minimum atomic E-state index is -5.00. The molecule has 0 fully saturated rings. The molecule has 108 valence electrons. The molecule has 1 unspecified atom stereocenters. The van der Waals surface area contributed by atoms with Crippen LogP contribution >= 0.6 is 0 Å². The summed E-state index contributed by atoms with van der Waals surface area (Å²) in [5.41, 5.74) is -4.16. The predicted octanol–water partition coefficient (Wildman–Crippen LogP) is 3.00. The standard InChI is InChI=1S/C12H14F4O3/c1-4-11(17,12(14,15)16)7-5-9(18-2)10(19-3)6-8(7)13/h5-6,17H,4H2,1-3H3. The van der Waals surface area contributed by atoms with E-state index >= 15 is 0 Å². The molecule has 0 radical (unpaired) electrons. The number of benzene rings is 1. The number of rotatable bonds is 4. The first-order valence-corrected chi connectivity index (χ1v) is 5.42. The van der Waals surface area contributed by atoms with Crippen molar-refractivity contribution in [2.24, 2.45) is 0 Å². The summed E-state index contributed by atoms with van der Waals surface area (Å²) < 4.78 is 62.1. The molecular weight excluding hydrogens is 268 g/mol. The summed E-state index contributed by atoms with van der Waals surface area (Å²) in [5, 5.41) is 9.73. The molecular formula is C12H14F4O3. The number of alkyl halides is 3. The molecule has 1 aromatic rings. The first-order chi connectivity index (χ1) is 8.71. The lowest BCUT2D eigenvalue weighted by Crippen LogP contribution is -2.42. The van der Waals surface area contributed by atoms with Crippen molar-refractivity contribution in [3.05, 3.63) is 23.5 Å². The van der Waals surface area contributed by atoms with Crippen LogP contribution in [0.3, 0.4) is 0 Å². The smallest absolute Gasteiger partial charge is 0.421 e. The lowest BCUT2D eigenvalue weighted by Gasteiger charge is -2.30. The average Bonchev–Trinajstić information content (AvgIpc) is 2.35. The molecule has 0 saturated heterocycles. The molecule has 1 N–H and O–H groups in total. The minimum Gasteiger partial charge on any atom is -0.493 e. The van der Waals surface area contributed by atoms with Gasteiger partial charge in [-0.3, -0.25) is 0 Å². The van der Waals surface area contributed by atoms with Crippen molar-refractivity contribution < 1.29 is 32.1 Å². The Morgan fingerprint density at radius 2 is 1.58 bits per heavy atom. The number of hydrogen-bond donors (Lipinski definition) is 1. The van der Waals surface area contributed by atoms with E-state index in [1.165, 1.54) is 14.2 Å². The zero-order valence-electron chi connectivity index (χ0n) is 10.6. The summed E-state index contributed by atoms with van der Waals surface area (Å²) in [6.45, 7) is 1.11. The number of methoxy groups -OCH3 is 2. The van der Waals surface area contributed by atoms with Gasteiger partial charge in [0.2, 0.25) is 0 Å². The van der Waals surface area contributed by atoms with Crippen LogP contribution in [0.2, 0.25) is 0 Å². The third-order valence-corrected chi connectivity index (χ3v) is 2.90. The molecule has 1 atom stereocenters. The number of aliphatic hydroxyl groups is 1. The fraction of sp³-hybridized carbons (Fsp3) is 0.500. The molecule has 0 aromatic heterocycles. The number of hydrogen-bond acceptors (Lipinski definition) is 3. The van der Waals surface area contributed by atoms with Crippen molar-refractivity contribution in [3.8, 4) is 11.5 Å². The highest BCUT2D eigenvalue weighted by Crippen LogP contribution is 2.45. The zero-order valence-corrected chi connectivity index (χ0v) is 10.6. The maximum Gasteiger partial charge on any atom is 0.421 e. The number of halogens is 4. The second-order valence-corrected chi connectivity index (χ2v) is 3.90. The van der Waals surface area contributed by atoms with E-state index in [9.17, 15) is 22.7 Å². The number of ether oxygens (including phenoxy) is 2. The van der Waals surface area contributed by atoms with Crippen LogP contribution in [0.1, 0.15) is 18.9 Å². The summed E-state index contributed by atoms with van der Waals surface area (Å²) in [6, 6.07) is 1.55. The third-order valence-electron chi connectivity index (χ3n) is 2.90. The molecule has 7 heteroatoms. The SMILES string of the molecule is CCC(O)(c1cc(OC)c(OC)cc1F)C(F)(F)F. The monoisotopic (exact) mass is 282 g/mol. The summed E-state index contributed by atoms with van der Waals surface area (Å²) in [7, 11) is 2.44. The maximum atomic E-state index is 13.8. The summed E-state index contributed by atoms with van der Waals surface area (Å²) in [6.07, 6.45) is -5.72. The van der Waals surface area contributed by atoms with Crippen LogP contribution in [0.5, 0.6) is 11.5 Å². The molecule has 19 heavy (non-hydrogen) atoms. The van der Waals surface area contributed by atoms with Gasteiger partial charge in [-0.2, -0.15) is 13.2 Å². The van der Waals surface area contributed by atoms with Crippen LogP contribution in [0.25, 0.3) is 0 Å². The van der Waals surface area contributed by atoms with Crippen LogP contribution in [0.4, 0.5) is 17.6 Å². The molecule has 1 rings (SSSR count). The van der Waals surface area contributed by atoms with Crippen LogP contribution in [-0.2, 0) is 5.60 Å². The van der Waals surface area contributed by atoms with Crippen LogP contribution in [-0.4, -0.2) is 25.5 Å². The van der Waals surface area contributed by atoms with Crippen molar-refractivity contribution in [3.63, 3.8) is 0 Å². The van der Waals surface area contributed by atoms with Crippen molar-refractivity contribution in [2.45, 2.75) is 25.1 Å². The van der Waals surface area contributed by atoms with Gasteiger partial charge in [0.25, 0.3) is 0 Å². The van der Waals surface area contributed by atoms with E-state index < -0.39 is 29.6 Å². The second kappa shape index (κ2) is 5.24. The molecule has 0 bridgehead atoms. The molecule has 0 spiro atoms. The topological polar surface area (TPSA) is 38.7 Å². The van der Waals surface area contributed by atoms with Gasteiger partial charge in [0, 0.05) is 11.6 Å². The largest absolute Gasteiger partial charge is 0.493 e. The zero-order chi connectivity index (χ0) is 14.8. The van der Waals surface area contributed by atoms with Crippen LogP contribution in [0.15, 0.2) is 12.1 Å². The Labute approximate surface area is 107 Å². The normalized spacial score (nSPS) is 14.9. The quantitative estimate of drug-likeness (QED) is 0.863. The Balaban J connectivity index is 3.49. The first-order valence-electron chi connectivity index (χ1n) is 5.42. The third kappa shape index (κ3) is 2.60. The summed E-state index contributed by atoms with van der Waals surface area (Å²) >= 11 is 0. The second-order valence-electron chi connectivity index (χ2n) is 3.90. The highest BCUT2D eigenvalue weighted by atomic mass is 19.4. The van der Waals surface area contributed by atoms with Crippen molar-refractivity contribution >= 4 is 0 Å². The van der Waals surface area contributed by atoms with E-state index in [1.54, 1.807) is 0 Å². The van der Waals surface area contributed by atoms with E-state index in [0.717, 1.165) is 19.1 Å². The lowest BCUT2D eigenvalue weighted by atomic mass is 9.89. The fourth-order valence-electron chi connectivity index (χ4n) is 1.71. The van der Waals surface area contributed by atoms with Gasteiger partial charge in [-0.25, -0.2) is 4.39 Å². The molecule has 0 saturated carbocycles. The Morgan fingerprint density at radius 1 is 1.11 bits per heavy atom. The van der Waals surface area contributed by atoms with Crippen molar-refractivity contribution in [2.75, 3.05) is 14.2 Å². The van der Waals surface area contributed by atoms with E-state index in [0.29, 0.717) is 0 Å². The highest BCUT2D eigenvalue weighted by molar-refractivity contribution is 5.46. The Bertz CT molecular complexity index is 459. The molecule has 0 aliphatic heterocycles. The predicted molar refractivity (Wildman–Crippen MR) is 59.7 cm³/mol. The maximum absolute atomic E-state index is 13.8. The average molecular weight is 282 g/mol. The molecule has 1 aromatic carbocycles. The van der Waals surface area contributed by atoms with Gasteiger partial charge in [-0.05, 0) is 12.5 Å². The minimum absolute atomic E-state index is 0.0515. The molecule has 0 aliphatic carbocycles. The van der Waals surface area contributed by atoms with E-state index in [4.69, 9.17) is 9.47 Å². The molecule has 0 aliphatic rings.